The number of nitrogens with zero attached hydrogens (tertiary/aromatic N) is 2. The molecule has 3 aromatic rings. The predicted molar refractivity (Wildman–Crippen MR) is 115 cm³/mol. The van der Waals surface area contributed by atoms with Crippen molar-refractivity contribution < 1.29 is 17.6 Å². The largest absolute Gasteiger partial charge is 0.309 e. The third kappa shape index (κ3) is 5.64. The van der Waals surface area contributed by atoms with Gasteiger partial charge < -0.3 is 5.32 Å². The summed E-state index contributed by atoms with van der Waals surface area (Å²) < 4.78 is 36.7. The van der Waals surface area contributed by atoms with Crippen LogP contribution in [-0.2, 0) is 21.1 Å². The highest BCUT2D eigenvalue weighted by Crippen LogP contribution is 2.25. The minimum Gasteiger partial charge on any atom is -0.309 e. The van der Waals surface area contributed by atoms with Gasteiger partial charge in [-0.2, -0.15) is 0 Å². The number of hydrogen-bond donors (Lipinski definition) is 1. The van der Waals surface area contributed by atoms with Crippen LogP contribution in [-0.4, -0.2) is 36.8 Å². The summed E-state index contributed by atoms with van der Waals surface area (Å²) in [5.41, 5.74) is 1.41. The average Bonchev–Trinajstić information content (AvgIpc) is 2.73. The molecule has 9 heteroatoms. The molecule has 2 aromatic carbocycles. The number of halogens is 1. The molecule has 1 atom stereocenters. The highest BCUT2D eigenvalue weighted by atomic mass is 32.2. The summed E-state index contributed by atoms with van der Waals surface area (Å²) in [6.45, 7) is 0. The number of sulfone groups is 1. The Morgan fingerprint density at radius 1 is 1.07 bits per heavy atom. The number of hydrogen-bond acceptors (Lipinski definition) is 6. The van der Waals surface area contributed by atoms with Crippen LogP contribution in [0.4, 0.5) is 10.2 Å². The first-order valence-corrected chi connectivity index (χ1v) is 12.1. The zero-order valence-corrected chi connectivity index (χ0v) is 18.0. The van der Waals surface area contributed by atoms with Crippen molar-refractivity contribution in [2.45, 2.75) is 22.3 Å². The number of benzene rings is 2. The van der Waals surface area contributed by atoms with Crippen LogP contribution in [0.3, 0.4) is 0 Å². The van der Waals surface area contributed by atoms with Gasteiger partial charge in [-0.05, 0) is 48.1 Å². The predicted octanol–water partition coefficient (Wildman–Crippen LogP) is 3.71. The Bertz CT molecular complexity index is 1120. The highest BCUT2D eigenvalue weighted by molar-refractivity contribution is 7.98. The zero-order valence-electron chi connectivity index (χ0n) is 16.4. The van der Waals surface area contributed by atoms with E-state index in [1.807, 2.05) is 6.26 Å². The van der Waals surface area contributed by atoms with Crippen molar-refractivity contribution in [3.8, 4) is 0 Å². The molecule has 0 spiro atoms. The van der Waals surface area contributed by atoms with Gasteiger partial charge in [-0.25, -0.2) is 22.8 Å². The van der Waals surface area contributed by atoms with E-state index in [4.69, 9.17) is 0 Å². The third-order valence-electron chi connectivity index (χ3n) is 4.47. The molecule has 30 heavy (non-hydrogen) atoms. The fraction of sp³-hybridized carbons (Fsp3) is 0.190. The topological polar surface area (TPSA) is 89.0 Å². The number of rotatable bonds is 7. The van der Waals surface area contributed by atoms with E-state index >= 15 is 0 Å². The average molecular weight is 446 g/mol. The quantitative estimate of drug-likeness (QED) is 0.558. The zero-order chi connectivity index (χ0) is 21.7. The van der Waals surface area contributed by atoms with Crippen LogP contribution >= 0.6 is 11.8 Å². The minimum absolute atomic E-state index is 0.172. The van der Waals surface area contributed by atoms with Crippen molar-refractivity contribution in [2.75, 3.05) is 17.8 Å². The van der Waals surface area contributed by atoms with E-state index in [-0.39, 0.29) is 16.6 Å². The van der Waals surface area contributed by atoms with Gasteiger partial charge in [0.2, 0.25) is 5.91 Å². The molecule has 0 saturated heterocycles. The molecule has 0 aliphatic heterocycles. The van der Waals surface area contributed by atoms with Gasteiger partial charge in [0, 0.05) is 6.26 Å². The molecule has 1 N–H and O–H groups in total. The van der Waals surface area contributed by atoms with Crippen LogP contribution in [0.2, 0.25) is 0 Å². The standard InChI is InChI=1S/C21H20FN3O3S2/c1-29-20-13-23-19(12-24-20)25-21(26)18(11-14-3-7-16(22)8-4-14)15-5-9-17(10-6-15)30(2,27)28/h3-10,12-13,18H,11H2,1-2H3,(H,23,25,26). The number of carbonyl (C=O) groups is 1. The Hall–Kier alpha value is -2.78. The summed E-state index contributed by atoms with van der Waals surface area (Å²) in [6.07, 6.45) is 6.35. The van der Waals surface area contributed by atoms with Gasteiger partial charge in [0.15, 0.2) is 15.7 Å². The van der Waals surface area contributed by atoms with Crippen LogP contribution in [0.1, 0.15) is 17.0 Å². The van der Waals surface area contributed by atoms with Crippen molar-refractivity contribution >= 4 is 33.3 Å². The molecule has 0 saturated carbocycles. The highest BCUT2D eigenvalue weighted by Gasteiger charge is 2.22. The van der Waals surface area contributed by atoms with E-state index in [1.54, 1.807) is 30.5 Å². The summed E-state index contributed by atoms with van der Waals surface area (Å²) in [5, 5.41) is 3.48. The monoisotopic (exact) mass is 445 g/mol. The van der Waals surface area contributed by atoms with Gasteiger partial charge >= 0.3 is 0 Å². The maximum atomic E-state index is 13.3. The lowest BCUT2D eigenvalue weighted by Gasteiger charge is -2.18. The molecule has 0 radical (unpaired) electrons. The molecule has 0 aliphatic rings. The van der Waals surface area contributed by atoms with Gasteiger partial charge in [0.25, 0.3) is 0 Å². The summed E-state index contributed by atoms with van der Waals surface area (Å²) in [7, 11) is -3.35. The van der Waals surface area contributed by atoms with Crippen LogP contribution < -0.4 is 5.32 Å². The molecule has 1 heterocycles. The number of aromatic nitrogens is 2. The first kappa shape index (κ1) is 21.9. The van der Waals surface area contributed by atoms with Gasteiger partial charge in [-0.15, -0.1) is 11.8 Å². The molecule has 1 unspecified atom stereocenters. The first-order chi connectivity index (χ1) is 14.3. The Labute approximate surface area is 178 Å². The molecule has 1 amide bonds. The van der Waals surface area contributed by atoms with Gasteiger partial charge in [-0.3, -0.25) is 4.79 Å². The first-order valence-electron chi connectivity index (χ1n) is 8.97. The van der Waals surface area contributed by atoms with Crippen molar-refractivity contribution in [2.24, 2.45) is 0 Å². The number of nitrogens with one attached hydrogen (secondary N) is 1. The normalized spacial score (nSPS) is 12.4. The molecular weight excluding hydrogens is 425 g/mol. The third-order valence-corrected chi connectivity index (χ3v) is 6.23. The van der Waals surface area contributed by atoms with Crippen molar-refractivity contribution in [1.29, 1.82) is 0 Å². The van der Waals surface area contributed by atoms with Crippen LogP contribution in [0.25, 0.3) is 0 Å². The molecule has 0 bridgehead atoms. The van der Waals surface area contributed by atoms with E-state index in [1.165, 1.54) is 42.2 Å². The molecule has 6 nitrogen and oxygen atoms in total. The van der Waals surface area contributed by atoms with Crippen molar-refractivity contribution in [1.82, 2.24) is 9.97 Å². The number of anilines is 1. The van der Waals surface area contributed by atoms with Crippen LogP contribution in [0.15, 0.2) is 70.8 Å². The summed E-state index contributed by atoms with van der Waals surface area (Å²) in [4.78, 5) is 21.6. The molecule has 0 aliphatic carbocycles. The number of carbonyl (C=O) groups excluding carboxylic acids is 1. The van der Waals surface area contributed by atoms with Gasteiger partial charge in [0.1, 0.15) is 10.8 Å². The van der Waals surface area contributed by atoms with Gasteiger partial charge in [0.05, 0.1) is 23.2 Å². The molecule has 1 aromatic heterocycles. The van der Waals surface area contributed by atoms with Gasteiger partial charge in [-0.1, -0.05) is 24.3 Å². The van der Waals surface area contributed by atoms with E-state index < -0.39 is 15.8 Å². The van der Waals surface area contributed by atoms with E-state index in [9.17, 15) is 17.6 Å². The molecule has 3 rings (SSSR count). The minimum atomic E-state index is -3.35. The van der Waals surface area contributed by atoms with Crippen molar-refractivity contribution in [3.05, 3.63) is 77.9 Å². The van der Waals surface area contributed by atoms with E-state index in [0.717, 1.165) is 16.8 Å². The molecular formula is C21H20FN3O3S2. The fourth-order valence-corrected chi connectivity index (χ4v) is 3.81. The summed E-state index contributed by atoms with van der Waals surface area (Å²) in [5.74, 6) is -1.00. The Morgan fingerprint density at radius 3 is 2.27 bits per heavy atom. The second-order valence-corrected chi connectivity index (χ2v) is 9.50. The summed E-state index contributed by atoms with van der Waals surface area (Å²) >= 11 is 1.44. The SMILES string of the molecule is CSc1cnc(NC(=O)C(Cc2ccc(F)cc2)c2ccc(S(C)(=O)=O)cc2)cn1. The lowest BCUT2D eigenvalue weighted by atomic mass is 9.91. The fourth-order valence-electron chi connectivity index (χ4n) is 2.86. The maximum absolute atomic E-state index is 13.3. The van der Waals surface area contributed by atoms with E-state index in [0.29, 0.717) is 17.8 Å². The second-order valence-electron chi connectivity index (χ2n) is 6.66. The lowest BCUT2D eigenvalue weighted by Crippen LogP contribution is -2.23. The molecule has 156 valence electrons. The summed E-state index contributed by atoms with van der Waals surface area (Å²) in [6, 6.07) is 12.1. The second kappa shape index (κ2) is 9.36. The molecule has 0 fully saturated rings. The number of amides is 1. The van der Waals surface area contributed by atoms with Crippen LogP contribution in [0, 0.1) is 5.82 Å². The Kier molecular flexibility index (Phi) is 6.84. The Morgan fingerprint density at radius 2 is 1.73 bits per heavy atom. The van der Waals surface area contributed by atoms with E-state index in [2.05, 4.69) is 15.3 Å². The van der Waals surface area contributed by atoms with Crippen molar-refractivity contribution in [3.63, 3.8) is 0 Å². The smallest absolute Gasteiger partial charge is 0.233 e. The van der Waals surface area contributed by atoms with Crippen LogP contribution in [0.5, 0.6) is 0 Å². The Balaban J connectivity index is 1.89. The number of thioether (sulfide) groups is 1. The maximum Gasteiger partial charge on any atom is 0.233 e. The lowest BCUT2D eigenvalue weighted by molar-refractivity contribution is -0.117.